The van der Waals surface area contributed by atoms with Crippen LogP contribution in [0, 0.1) is 0 Å². The summed E-state index contributed by atoms with van der Waals surface area (Å²) in [4.78, 5) is 0. The Balaban J connectivity index is 1.99. The fraction of sp³-hybridized carbons (Fsp3) is 0.143. The first-order chi connectivity index (χ1) is 6.86. The molecule has 1 aromatic carbocycles. The minimum atomic E-state index is -0.623. The van der Waals surface area contributed by atoms with E-state index >= 15 is 0 Å². The van der Waals surface area contributed by atoms with E-state index in [4.69, 9.17) is 4.12 Å². The summed E-state index contributed by atoms with van der Waals surface area (Å²) in [5.41, 5.74) is 1.06. The van der Waals surface area contributed by atoms with Gasteiger partial charge in [0, 0.05) is 25.7 Å². The van der Waals surface area contributed by atoms with Crippen LogP contribution in [0.15, 0.2) is 24.3 Å². The van der Waals surface area contributed by atoms with E-state index < -0.39 is 8.56 Å². The average Bonchev–Trinajstić information content (AvgIpc) is 2.23. The van der Waals surface area contributed by atoms with Crippen molar-refractivity contribution in [2.24, 2.45) is 0 Å². The summed E-state index contributed by atoms with van der Waals surface area (Å²) in [6, 6.07) is 8.58. The third kappa shape index (κ3) is 2.78. The number of aromatic hydroxyl groups is 1. The Morgan fingerprint density at radius 2 is 2.14 bits per heavy atom. The number of rotatable bonds is 2. The van der Waals surface area contributed by atoms with Crippen molar-refractivity contribution in [3.8, 4) is 5.75 Å². The van der Waals surface area contributed by atoms with Crippen molar-refractivity contribution in [1.29, 1.82) is 0 Å². The van der Waals surface area contributed by atoms with Gasteiger partial charge in [-0.2, -0.15) is 0 Å². The van der Waals surface area contributed by atoms with Crippen LogP contribution in [0.5, 0.6) is 5.75 Å². The molecule has 0 aromatic heterocycles. The molecule has 0 unspecified atom stereocenters. The molecule has 1 heterocycles. The van der Waals surface area contributed by atoms with E-state index in [2.05, 4.69) is 0 Å². The second kappa shape index (κ2) is 5.23. The lowest BCUT2D eigenvalue weighted by molar-refractivity contribution is 0.469. The van der Waals surface area contributed by atoms with Gasteiger partial charge in [-0.1, -0.05) is 18.2 Å². The molecule has 2 rings (SSSR count). The van der Waals surface area contributed by atoms with Gasteiger partial charge in [-0.25, -0.2) is 0 Å². The number of phenolic OH excluding ortho intramolecular Hbond substituents is 1. The highest BCUT2D eigenvalue weighted by Gasteiger charge is 2.20. The van der Waals surface area contributed by atoms with E-state index in [-0.39, 0.29) is 0 Å². The monoisotopic (exact) mass is 263 g/mol. The van der Waals surface area contributed by atoms with Crippen molar-refractivity contribution >= 4 is 43.5 Å². The van der Waals surface area contributed by atoms with Crippen molar-refractivity contribution in [1.82, 2.24) is 0 Å². The van der Waals surface area contributed by atoms with Gasteiger partial charge in [-0.05, 0) is 17.7 Å². The van der Waals surface area contributed by atoms with Gasteiger partial charge >= 0.3 is 0 Å². The van der Waals surface area contributed by atoms with Crippen LogP contribution in [0.4, 0.5) is 0 Å². The van der Waals surface area contributed by atoms with Crippen molar-refractivity contribution in [2.45, 2.75) is 6.04 Å². The first kappa shape index (κ1) is 10.6. The van der Waals surface area contributed by atoms with Crippen LogP contribution in [0.3, 0.4) is 0 Å². The molecule has 14 heavy (non-hydrogen) atoms. The molecule has 67 valence electrons. The van der Waals surface area contributed by atoms with Gasteiger partial charge in [-0.3, -0.25) is 0 Å². The molecule has 1 fully saturated rings. The van der Waals surface area contributed by atoms with Crippen molar-refractivity contribution in [3.63, 3.8) is 0 Å². The Hall–Kier alpha value is 0.0644. The summed E-state index contributed by atoms with van der Waals surface area (Å²) in [5, 5.41) is 9.61. The first-order valence-corrected chi connectivity index (χ1v) is 13.7. The molecule has 2 nitrogen and oxygen atoms in total. The second-order valence-corrected chi connectivity index (χ2v) is 17.1. The van der Waals surface area contributed by atoms with E-state index in [9.17, 15) is 5.11 Å². The predicted octanol–water partition coefficient (Wildman–Crippen LogP) is -0.531. The highest BCUT2D eigenvalue weighted by Crippen LogP contribution is 2.17. The van der Waals surface area contributed by atoms with Crippen LogP contribution in [-0.2, 0) is 10.2 Å². The van der Waals surface area contributed by atoms with E-state index in [0.29, 0.717) is 5.75 Å². The number of hydrogen-bond acceptors (Lipinski definition) is 2. The zero-order chi connectivity index (χ0) is 9.80. The smallest absolute Gasteiger partial charge is 0.185 e. The Morgan fingerprint density at radius 3 is 2.86 bits per heavy atom. The van der Waals surface area contributed by atoms with Crippen LogP contribution in [0.1, 0.15) is 5.56 Å². The Kier molecular flexibility index (Phi) is 3.95. The quantitative estimate of drug-likeness (QED) is 0.727. The molecule has 1 aliphatic heterocycles. The Bertz CT molecular complexity index is 302. The van der Waals surface area contributed by atoms with E-state index in [1.165, 1.54) is 0 Å². The summed E-state index contributed by atoms with van der Waals surface area (Å²) >= 11 is 0. The minimum absolute atomic E-state index is 0.429. The Labute approximate surface area is 94.4 Å². The summed E-state index contributed by atoms with van der Waals surface area (Å²) in [6.07, 6.45) is 0. The number of phenols is 1. The maximum Gasteiger partial charge on any atom is 0.185 e. The molecule has 0 amide bonds. The van der Waals surface area contributed by atoms with E-state index in [1.807, 2.05) is 18.2 Å². The Morgan fingerprint density at radius 1 is 1.29 bits per heavy atom. The minimum Gasteiger partial charge on any atom is -0.508 e. The average molecular weight is 264 g/mol. The zero-order valence-corrected chi connectivity index (χ0v) is 12.4. The van der Waals surface area contributed by atoms with Crippen molar-refractivity contribution in [2.75, 3.05) is 0 Å². The molecule has 1 N–H and O–H groups in total. The highest BCUT2D eigenvalue weighted by atomic mass is 29.9. The topological polar surface area (TPSA) is 29.5 Å². The molecular weight excluding hydrogens is 257 g/mol. The van der Waals surface area contributed by atoms with Crippen molar-refractivity contribution in [3.05, 3.63) is 29.8 Å². The van der Waals surface area contributed by atoms with Gasteiger partial charge in [0.25, 0.3) is 0 Å². The number of hydrogen-bond donors (Lipinski definition) is 1. The third-order valence-corrected chi connectivity index (χ3v) is 21.2. The van der Waals surface area contributed by atoms with Crippen LogP contribution in [0.25, 0.3) is 0 Å². The first-order valence-electron chi connectivity index (χ1n) is 4.17. The highest BCUT2D eigenvalue weighted by molar-refractivity contribution is 7.57. The maximum absolute atomic E-state index is 9.61. The molecule has 0 saturated carbocycles. The molecule has 0 spiro atoms. The summed E-state index contributed by atoms with van der Waals surface area (Å²) in [7, 11) is 3.34. The van der Waals surface area contributed by atoms with Crippen LogP contribution in [0.2, 0.25) is 0 Å². The summed E-state index contributed by atoms with van der Waals surface area (Å²) < 4.78 is 5.79. The van der Waals surface area contributed by atoms with Crippen LogP contribution in [-0.4, -0.2) is 48.6 Å². The van der Waals surface area contributed by atoms with Gasteiger partial charge < -0.3 is 9.22 Å². The number of para-hydroxylation sites is 1. The SMILES string of the molecule is Oc1ccccc1C[Si]1O[Si][Si][Si][Si]1. The normalized spacial score (nSPS) is 18.3. The summed E-state index contributed by atoms with van der Waals surface area (Å²) in [6.45, 7) is 0. The third-order valence-electron chi connectivity index (χ3n) is 1.83. The molecular formula is C7H7O2Si5. The molecule has 1 saturated heterocycles. The molecule has 9 radical (unpaired) electrons. The van der Waals surface area contributed by atoms with Crippen LogP contribution >= 0.6 is 0 Å². The van der Waals surface area contributed by atoms with Gasteiger partial charge in [0.1, 0.15) is 5.75 Å². The molecule has 0 bridgehead atoms. The second-order valence-electron chi connectivity index (χ2n) is 2.81. The summed E-state index contributed by atoms with van der Waals surface area (Å²) in [5.74, 6) is 0.429. The maximum atomic E-state index is 9.61. The van der Waals surface area contributed by atoms with Gasteiger partial charge in [-0.15, -0.1) is 0 Å². The van der Waals surface area contributed by atoms with E-state index in [1.54, 1.807) is 6.07 Å². The predicted molar refractivity (Wildman–Crippen MR) is 61.7 cm³/mol. The fourth-order valence-corrected chi connectivity index (χ4v) is 26.0. The molecule has 1 aromatic rings. The van der Waals surface area contributed by atoms with Crippen LogP contribution < -0.4 is 0 Å². The molecule has 1 aliphatic rings. The largest absolute Gasteiger partial charge is 0.508 e. The lowest BCUT2D eigenvalue weighted by atomic mass is 10.2. The fourth-order valence-electron chi connectivity index (χ4n) is 1.15. The lowest BCUT2D eigenvalue weighted by Crippen LogP contribution is -2.45. The molecule has 7 heteroatoms. The van der Waals surface area contributed by atoms with Crippen molar-refractivity contribution < 1.29 is 9.22 Å². The van der Waals surface area contributed by atoms with Gasteiger partial charge in [0.05, 0.1) is 0 Å². The standard InChI is InChI=1S/C7H7O2Si5/c8-7-4-2-1-3-6(7)5-14-9-10-11-12-13-14/h1-4,8H,5H2. The molecule has 0 aliphatic carbocycles. The van der Waals surface area contributed by atoms with Gasteiger partial charge in [0.15, 0.2) is 17.8 Å². The van der Waals surface area contributed by atoms with E-state index in [0.717, 1.165) is 46.6 Å². The number of benzene rings is 1. The molecule has 0 atom stereocenters. The lowest BCUT2D eigenvalue weighted by Gasteiger charge is -2.18. The zero-order valence-electron chi connectivity index (χ0n) is 7.37. The van der Waals surface area contributed by atoms with Gasteiger partial charge in [0.2, 0.25) is 0 Å².